The Balaban J connectivity index is 1.38. The molecule has 0 spiro atoms. The van der Waals surface area contributed by atoms with Crippen LogP contribution in [0.4, 0.5) is 0 Å². The van der Waals surface area contributed by atoms with Crippen molar-refractivity contribution in [2.24, 2.45) is 0 Å². The molecule has 4 heteroatoms. The molecule has 5 rings (SSSR count). The summed E-state index contributed by atoms with van der Waals surface area (Å²) in [6.45, 7) is 2.81. The molecule has 3 aromatic carbocycles. The van der Waals surface area contributed by atoms with Crippen LogP contribution >= 0.6 is 11.6 Å². The molecule has 144 valence electrons. The average Bonchev–Trinajstić information content (AvgIpc) is 2.75. The number of hydrogen-bond acceptors (Lipinski definition) is 2. The summed E-state index contributed by atoms with van der Waals surface area (Å²) in [4.78, 5) is 17.9. The predicted molar refractivity (Wildman–Crippen MR) is 121 cm³/mol. The van der Waals surface area contributed by atoms with Crippen LogP contribution in [0, 0.1) is 0 Å². The molecule has 0 saturated heterocycles. The molecule has 0 unspecified atom stereocenters. The first-order valence-corrected chi connectivity index (χ1v) is 10.3. The van der Waals surface area contributed by atoms with E-state index in [4.69, 9.17) is 11.6 Å². The Hall–Kier alpha value is -2.88. The van der Waals surface area contributed by atoms with Crippen LogP contribution in [-0.2, 0) is 6.54 Å². The molecular weight excluding hydrogens is 380 g/mol. The monoisotopic (exact) mass is 400 g/mol. The highest BCUT2D eigenvalue weighted by Crippen LogP contribution is 2.26. The highest BCUT2D eigenvalue weighted by molar-refractivity contribution is 6.30. The van der Waals surface area contributed by atoms with Crippen molar-refractivity contribution in [2.75, 3.05) is 13.1 Å². The number of benzene rings is 3. The molecule has 1 aliphatic rings. The van der Waals surface area contributed by atoms with Gasteiger partial charge in [0, 0.05) is 40.9 Å². The summed E-state index contributed by atoms with van der Waals surface area (Å²) in [6.07, 6.45) is 3.33. The van der Waals surface area contributed by atoms with Gasteiger partial charge in [0.2, 0.25) is 0 Å². The Labute approximate surface area is 174 Å². The zero-order chi connectivity index (χ0) is 19.8. The fourth-order valence-electron chi connectivity index (χ4n) is 4.17. The smallest absolute Gasteiger partial charge is 0.256 e. The molecule has 3 nitrogen and oxygen atoms in total. The first-order valence-electron chi connectivity index (χ1n) is 9.88. The second-order valence-corrected chi connectivity index (χ2v) is 8.04. The SMILES string of the molecule is O=c1[nH]c2cc(CN3CC=C(c4ccc(Cl)cc4)CC3)ccc2c2ccccc12. The maximum atomic E-state index is 12.4. The molecule has 0 radical (unpaired) electrons. The molecule has 29 heavy (non-hydrogen) atoms. The van der Waals surface area contributed by atoms with Gasteiger partial charge in [-0.15, -0.1) is 0 Å². The number of nitrogens with one attached hydrogen (secondary N) is 1. The van der Waals surface area contributed by atoms with Crippen LogP contribution in [0.2, 0.25) is 5.02 Å². The van der Waals surface area contributed by atoms with Crippen LogP contribution in [0.15, 0.2) is 77.6 Å². The third-order valence-electron chi connectivity index (χ3n) is 5.71. The zero-order valence-corrected chi connectivity index (χ0v) is 16.7. The Morgan fingerprint density at radius 1 is 0.931 bits per heavy atom. The van der Waals surface area contributed by atoms with Crippen LogP contribution in [0.5, 0.6) is 0 Å². The van der Waals surface area contributed by atoms with Gasteiger partial charge in [0.25, 0.3) is 5.56 Å². The Morgan fingerprint density at radius 2 is 1.72 bits per heavy atom. The molecule has 4 aromatic rings. The van der Waals surface area contributed by atoms with Crippen molar-refractivity contribution in [1.82, 2.24) is 9.88 Å². The van der Waals surface area contributed by atoms with Gasteiger partial charge in [-0.05, 0) is 52.8 Å². The largest absolute Gasteiger partial charge is 0.321 e. The molecule has 0 saturated carbocycles. The van der Waals surface area contributed by atoms with E-state index in [0.717, 1.165) is 52.8 Å². The summed E-state index contributed by atoms with van der Waals surface area (Å²) >= 11 is 6.00. The molecule has 0 fully saturated rings. The number of nitrogens with zero attached hydrogens (tertiary/aromatic N) is 1. The van der Waals surface area contributed by atoms with Crippen LogP contribution in [0.25, 0.3) is 27.2 Å². The van der Waals surface area contributed by atoms with Crippen LogP contribution in [-0.4, -0.2) is 23.0 Å². The van der Waals surface area contributed by atoms with Gasteiger partial charge in [-0.25, -0.2) is 0 Å². The van der Waals surface area contributed by atoms with Crippen molar-refractivity contribution in [3.63, 3.8) is 0 Å². The molecule has 1 aromatic heterocycles. The Kier molecular flexibility index (Phi) is 4.70. The van der Waals surface area contributed by atoms with E-state index in [-0.39, 0.29) is 5.56 Å². The van der Waals surface area contributed by atoms with Crippen LogP contribution < -0.4 is 5.56 Å². The van der Waals surface area contributed by atoms with E-state index in [2.05, 4.69) is 46.3 Å². The van der Waals surface area contributed by atoms with Crippen LogP contribution in [0.1, 0.15) is 17.5 Å². The average molecular weight is 401 g/mol. The maximum Gasteiger partial charge on any atom is 0.256 e. The van der Waals surface area contributed by atoms with Crippen molar-refractivity contribution in [1.29, 1.82) is 0 Å². The van der Waals surface area contributed by atoms with E-state index in [1.165, 1.54) is 16.7 Å². The lowest BCUT2D eigenvalue weighted by Crippen LogP contribution is -2.28. The number of halogens is 1. The molecule has 0 bridgehead atoms. The second kappa shape index (κ2) is 7.51. The minimum Gasteiger partial charge on any atom is -0.321 e. The van der Waals surface area contributed by atoms with Crippen LogP contribution in [0.3, 0.4) is 0 Å². The molecule has 2 heterocycles. The summed E-state index contributed by atoms with van der Waals surface area (Å²) in [5.41, 5.74) is 4.72. The standard InChI is InChI=1S/C25H21ClN2O/c26-20-8-6-18(7-9-20)19-11-13-28(14-12-19)16-17-5-10-22-21-3-1-2-4-23(21)25(29)27-24(22)15-17/h1-11,15H,12-14,16H2,(H,27,29). The van der Waals surface area contributed by atoms with Crippen molar-refractivity contribution in [2.45, 2.75) is 13.0 Å². The fraction of sp³-hybridized carbons (Fsp3) is 0.160. The fourth-order valence-corrected chi connectivity index (χ4v) is 4.30. The summed E-state index contributed by atoms with van der Waals surface area (Å²) in [5, 5.41) is 3.61. The van der Waals surface area contributed by atoms with Crippen molar-refractivity contribution >= 4 is 38.8 Å². The van der Waals surface area contributed by atoms with Gasteiger partial charge >= 0.3 is 0 Å². The zero-order valence-electron chi connectivity index (χ0n) is 16.0. The summed E-state index contributed by atoms with van der Waals surface area (Å²) in [7, 11) is 0. The highest BCUT2D eigenvalue weighted by atomic mass is 35.5. The van der Waals surface area contributed by atoms with E-state index < -0.39 is 0 Å². The number of aromatic nitrogens is 1. The number of rotatable bonds is 3. The molecule has 0 amide bonds. The topological polar surface area (TPSA) is 36.1 Å². The van der Waals surface area contributed by atoms with Crippen molar-refractivity contribution in [3.05, 3.63) is 99.3 Å². The maximum absolute atomic E-state index is 12.4. The Morgan fingerprint density at radius 3 is 2.48 bits per heavy atom. The molecule has 0 atom stereocenters. The van der Waals surface area contributed by atoms with E-state index in [1.54, 1.807) is 0 Å². The molecule has 0 aliphatic carbocycles. The van der Waals surface area contributed by atoms with E-state index >= 15 is 0 Å². The number of fused-ring (bicyclic) bond motifs is 3. The Bertz CT molecular complexity index is 1290. The third kappa shape index (κ3) is 3.59. The lowest BCUT2D eigenvalue weighted by molar-refractivity contribution is 0.294. The van der Waals surface area contributed by atoms with Gasteiger partial charge in [0.1, 0.15) is 0 Å². The number of aromatic amines is 1. The molecular formula is C25H21ClN2O. The quantitative estimate of drug-likeness (QED) is 0.453. The number of H-pyrrole nitrogens is 1. The van der Waals surface area contributed by atoms with Gasteiger partial charge in [-0.1, -0.05) is 60.1 Å². The van der Waals surface area contributed by atoms with E-state index in [1.807, 2.05) is 36.4 Å². The number of hydrogen-bond donors (Lipinski definition) is 1. The summed E-state index contributed by atoms with van der Waals surface area (Å²) in [6, 6.07) is 22.3. The van der Waals surface area contributed by atoms with Gasteiger partial charge in [0.05, 0.1) is 0 Å². The predicted octanol–water partition coefficient (Wildman–Crippen LogP) is 5.62. The van der Waals surface area contributed by atoms with Gasteiger partial charge in [-0.2, -0.15) is 0 Å². The normalized spacial score (nSPS) is 15.0. The second-order valence-electron chi connectivity index (χ2n) is 7.60. The van der Waals surface area contributed by atoms with Gasteiger partial charge in [0.15, 0.2) is 0 Å². The first kappa shape index (κ1) is 18.2. The molecule has 1 N–H and O–H groups in total. The third-order valence-corrected chi connectivity index (χ3v) is 5.96. The molecule has 1 aliphatic heterocycles. The minimum absolute atomic E-state index is 0.0289. The number of pyridine rings is 1. The van der Waals surface area contributed by atoms with Gasteiger partial charge < -0.3 is 4.98 Å². The summed E-state index contributed by atoms with van der Waals surface area (Å²) in [5.74, 6) is 0. The van der Waals surface area contributed by atoms with Crippen molar-refractivity contribution < 1.29 is 0 Å². The lowest BCUT2D eigenvalue weighted by atomic mass is 9.99. The van der Waals surface area contributed by atoms with Crippen molar-refractivity contribution in [3.8, 4) is 0 Å². The van der Waals surface area contributed by atoms with E-state index in [0.29, 0.717) is 0 Å². The summed E-state index contributed by atoms with van der Waals surface area (Å²) < 4.78 is 0. The highest BCUT2D eigenvalue weighted by Gasteiger charge is 2.14. The first-order chi connectivity index (χ1) is 14.2. The van der Waals surface area contributed by atoms with Gasteiger partial charge in [-0.3, -0.25) is 9.69 Å². The minimum atomic E-state index is -0.0289. The van der Waals surface area contributed by atoms with E-state index in [9.17, 15) is 4.79 Å². The lowest BCUT2D eigenvalue weighted by Gasteiger charge is -2.26.